The fraction of sp³-hybridized carbons (Fsp3) is 0.304. The van der Waals surface area contributed by atoms with Crippen LogP contribution < -0.4 is 15.6 Å². The van der Waals surface area contributed by atoms with Gasteiger partial charge in [-0.2, -0.15) is 13.2 Å². The molecule has 0 radical (unpaired) electrons. The number of nitrogens with one attached hydrogen (secondary N) is 1. The van der Waals surface area contributed by atoms with Crippen LogP contribution in [0.5, 0.6) is 0 Å². The van der Waals surface area contributed by atoms with Crippen LogP contribution in [-0.4, -0.2) is 51.3 Å². The number of nitrogens with zero attached hydrogens (tertiary/aromatic N) is 3. The van der Waals surface area contributed by atoms with Crippen molar-refractivity contribution >= 4 is 40.3 Å². The summed E-state index contributed by atoms with van der Waals surface area (Å²) in [4.78, 5) is 43.7. The molecule has 1 saturated heterocycles. The Labute approximate surface area is 206 Å². The summed E-state index contributed by atoms with van der Waals surface area (Å²) in [6.45, 7) is 1.36. The molecule has 3 heterocycles. The molecule has 190 valence electrons. The quantitative estimate of drug-likeness (QED) is 0.496. The fourth-order valence-corrected chi connectivity index (χ4v) is 4.19. The number of benzene rings is 1. The van der Waals surface area contributed by atoms with Gasteiger partial charge in [0.1, 0.15) is 35.0 Å². The zero-order valence-corrected chi connectivity index (χ0v) is 19.4. The molecule has 4 rings (SSSR count). The number of amides is 2. The highest BCUT2D eigenvalue weighted by Gasteiger charge is 2.40. The van der Waals surface area contributed by atoms with Gasteiger partial charge in [-0.25, -0.2) is 9.37 Å². The van der Waals surface area contributed by atoms with Crippen LogP contribution in [0.4, 0.5) is 23.4 Å². The first-order valence-corrected chi connectivity index (χ1v) is 11.2. The molecule has 2 aromatic heterocycles. The molecule has 0 saturated carbocycles. The van der Waals surface area contributed by atoms with Crippen LogP contribution in [0.25, 0.3) is 16.7 Å². The number of halogens is 5. The first-order chi connectivity index (χ1) is 16.9. The van der Waals surface area contributed by atoms with Crippen LogP contribution in [0.1, 0.15) is 30.1 Å². The van der Waals surface area contributed by atoms with Crippen molar-refractivity contribution in [3.63, 3.8) is 0 Å². The lowest BCUT2D eigenvalue weighted by molar-refractivity contribution is -0.153. The maximum absolute atomic E-state index is 14.9. The summed E-state index contributed by atoms with van der Waals surface area (Å²) in [5.41, 5.74) is -2.14. The molecule has 1 unspecified atom stereocenters. The Hall–Kier alpha value is -3.51. The number of aliphatic hydroxyl groups excluding tert-OH is 1. The Morgan fingerprint density at radius 2 is 2.00 bits per heavy atom. The molecule has 2 atom stereocenters. The molecular formula is C23H19ClF4N4O4. The van der Waals surface area contributed by atoms with Crippen molar-refractivity contribution in [1.82, 2.24) is 14.9 Å². The van der Waals surface area contributed by atoms with E-state index in [1.165, 1.54) is 36.1 Å². The standard InChI is InChI=1S/C23H19ClF4N4O4/c1-2-16(23(26,27)28)29-21(35)12-10-32(18-13(24)4-3-5-14(18)25)20-11(19(12)34)6-7-17(30-20)31-9-8-15(33)22(31)36/h3-7,10,15-16,33H,2,8-9H2,1H3,(H,29,35)/t15?,16-/m1/s1. The van der Waals surface area contributed by atoms with Gasteiger partial charge in [-0.15, -0.1) is 0 Å². The molecule has 0 bridgehead atoms. The zero-order chi connectivity index (χ0) is 26.4. The normalized spacial score (nSPS) is 17.0. The summed E-state index contributed by atoms with van der Waals surface area (Å²) < 4.78 is 55.5. The number of hydrogen-bond donors (Lipinski definition) is 2. The van der Waals surface area contributed by atoms with E-state index in [4.69, 9.17) is 11.6 Å². The lowest BCUT2D eigenvalue weighted by Crippen LogP contribution is -2.46. The summed E-state index contributed by atoms with van der Waals surface area (Å²) in [6.07, 6.45) is -5.43. The van der Waals surface area contributed by atoms with Crippen molar-refractivity contribution in [1.29, 1.82) is 0 Å². The minimum absolute atomic E-state index is 0.0463. The van der Waals surface area contributed by atoms with Gasteiger partial charge in [-0.05, 0) is 30.7 Å². The summed E-state index contributed by atoms with van der Waals surface area (Å²) in [6, 6.07) is 4.02. The van der Waals surface area contributed by atoms with Crippen molar-refractivity contribution in [3.05, 3.63) is 63.2 Å². The lowest BCUT2D eigenvalue weighted by atomic mass is 10.1. The van der Waals surface area contributed by atoms with Crippen LogP contribution >= 0.6 is 11.6 Å². The second-order valence-electron chi connectivity index (χ2n) is 8.12. The van der Waals surface area contributed by atoms with E-state index in [-0.39, 0.29) is 40.5 Å². The Morgan fingerprint density at radius 3 is 2.58 bits per heavy atom. The van der Waals surface area contributed by atoms with E-state index in [9.17, 15) is 37.1 Å². The maximum Gasteiger partial charge on any atom is 0.408 e. The molecule has 1 fully saturated rings. The maximum atomic E-state index is 14.9. The van der Waals surface area contributed by atoms with Gasteiger partial charge in [-0.3, -0.25) is 23.9 Å². The highest BCUT2D eigenvalue weighted by Crippen LogP contribution is 2.29. The molecule has 36 heavy (non-hydrogen) atoms. The summed E-state index contributed by atoms with van der Waals surface area (Å²) in [7, 11) is 0. The number of hydrogen-bond acceptors (Lipinski definition) is 5. The van der Waals surface area contributed by atoms with Crippen molar-refractivity contribution in [2.45, 2.75) is 38.1 Å². The third-order valence-electron chi connectivity index (χ3n) is 5.82. The number of anilines is 1. The Morgan fingerprint density at radius 1 is 1.28 bits per heavy atom. The van der Waals surface area contributed by atoms with E-state index in [0.29, 0.717) is 0 Å². The van der Waals surface area contributed by atoms with Crippen LogP contribution in [0.2, 0.25) is 5.02 Å². The SMILES string of the molecule is CC[C@@H](NC(=O)c1cn(-c2c(F)cccc2Cl)c2nc(N3CCC(O)C3=O)ccc2c1=O)C(F)(F)F. The monoisotopic (exact) mass is 526 g/mol. The van der Waals surface area contributed by atoms with Gasteiger partial charge in [0.2, 0.25) is 5.43 Å². The molecule has 1 aliphatic rings. The second-order valence-corrected chi connectivity index (χ2v) is 8.53. The number of pyridine rings is 2. The smallest absolute Gasteiger partial charge is 0.383 e. The predicted molar refractivity (Wildman–Crippen MR) is 123 cm³/mol. The van der Waals surface area contributed by atoms with Crippen molar-refractivity contribution in [3.8, 4) is 5.69 Å². The zero-order valence-electron chi connectivity index (χ0n) is 18.6. The number of carbonyl (C=O) groups is 2. The van der Waals surface area contributed by atoms with E-state index in [1.54, 1.807) is 5.32 Å². The number of carbonyl (C=O) groups excluding carboxylic acids is 2. The average Bonchev–Trinajstić information content (AvgIpc) is 3.15. The Balaban J connectivity index is 1.95. The highest BCUT2D eigenvalue weighted by molar-refractivity contribution is 6.32. The molecule has 2 amide bonds. The highest BCUT2D eigenvalue weighted by atomic mass is 35.5. The van der Waals surface area contributed by atoms with Gasteiger partial charge in [0.25, 0.3) is 11.8 Å². The number of aromatic nitrogens is 2. The van der Waals surface area contributed by atoms with E-state index >= 15 is 0 Å². The summed E-state index contributed by atoms with van der Waals surface area (Å²) in [5.74, 6) is -2.74. The second kappa shape index (κ2) is 9.51. The Kier molecular flexibility index (Phi) is 6.76. The van der Waals surface area contributed by atoms with Gasteiger partial charge < -0.3 is 10.4 Å². The van der Waals surface area contributed by atoms with Gasteiger partial charge in [0.05, 0.1) is 10.4 Å². The number of rotatable bonds is 5. The number of aliphatic hydroxyl groups is 1. The fourth-order valence-electron chi connectivity index (χ4n) is 3.94. The van der Waals surface area contributed by atoms with Crippen LogP contribution in [-0.2, 0) is 4.79 Å². The first-order valence-electron chi connectivity index (χ1n) is 10.8. The molecule has 2 N–H and O–H groups in total. The molecule has 0 aliphatic carbocycles. The molecule has 13 heteroatoms. The van der Waals surface area contributed by atoms with Gasteiger partial charge >= 0.3 is 6.18 Å². The molecule has 1 aromatic carbocycles. The Bertz CT molecular complexity index is 1410. The average molecular weight is 527 g/mol. The van der Waals surface area contributed by atoms with Crippen molar-refractivity contribution in [2.75, 3.05) is 11.4 Å². The first kappa shape index (κ1) is 25.6. The van der Waals surface area contributed by atoms with Crippen molar-refractivity contribution < 1.29 is 32.3 Å². The van der Waals surface area contributed by atoms with E-state index in [2.05, 4.69) is 4.98 Å². The predicted octanol–water partition coefficient (Wildman–Crippen LogP) is 3.35. The third-order valence-corrected chi connectivity index (χ3v) is 6.13. The molecular weight excluding hydrogens is 508 g/mol. The van der Waals surface area contributed by atoms with Crippen LogP contribution in [0, 0.1) is 5.82 Å². The number of para-hydroxylation sites is 1. The van der Waals surface area contributed by atoms with Gasteiger partial charge in [0, 0.05) is 19.2 Å². The summed E-state index contributed by atoms with van der Waals surface area (Å²) >= 11 is 6.20. The van der Waals surface area contributed by atoms with E-state index < -0.39 is 53.4 Å². The van der Waals surface area contributed by atoms with Gasteiger partial charge in [-0.1, -0.05) is 24.6 Å². The molecule has 0 spiro atoms. The van der Waals surface area contributed by atoms with E-state index in [1.807, 2.05) is 0 Å². The number of fused-ring (bicyclic) bond motifs is 1. The topological polar surface area (TPSA) is 105 Å². The minimum Gasteiger partial charge on any atom is -0.383 e. The van der Waals surface area contributed by atoms with Crippen LogP contribution in [0.15, 0.2) is 41.3 Å². The van der Waals surface area contributed by atoms with E-state index in [0.717, 1.165) is 16.8 Å². The minimum atomic E-state index is -4.75. The third kappa shape index (κ3) is 4.53. The lowest BCUT2D eigenvalue weighted by Gasteiger charge is -2.21. The number of alkyl halides is 3. The van der Waals surface area contributed by atoms with Gasteiger partial charge in [0.15, 0.2) is 5.65 Å². The van der Waals surface area contributed by atoms with Crippen molar-refractivity contribution in [2.24, 2.45) is 0 Å². The molecule has 1 aliphatic heterocycles. The summed E-state index contributed by atoms with van der Waals surface area (Å²) in [5, 5.41) is 11.2. The largest absolute Gasteiger partial charge is 0.408 e. The molecule has 8 nitrogen and oxygen atoms in total. The molecule has 3 aromatic rings. The van der Waals surface area contributed by atoms with Crippen LogP contribution in [0.3, 0.4) is 0 Å².